The molecule has 0 bridgehead atoms. The summed E-state index contributed by atoms with van der Waals surface area (Å²) in [5.41, 5.74) is -0.598. The molecule has 0 spiro atoms. The minimum atomic E-state index is -0.598. The van der Waals surface area contributed by atoms with Gasteiger partial charge in [-0.3, -0.25) is 4.79 Å². The highest BCUT2D eigenvalue weighted by molar-refractivity contribution is 5.86. The van der Waals surface area contributed by atoms with E-state index < -0.39 is 5.60 Å². The lowest BCUT2D eigenvalue weighted by molar-refractivity contribution is -0.137. The maximum absolute atomic E-state index is 11.8. The third-order valence-electron chi connectivity index (χ3n) is 3.94. The predicted molar refractivity (Wildman–Crippen MR) is 82.6 cm³/mol. The van der Waals surface area contributed by atoms with Gasteiger partial charge in [0.25, 0.3) is 0 Å². The van der Waals surface area contributed by atoms with Crippen LogP contribution in [0.3, 0.4) is 0 Å². The van der Waals surface area contributed by atoms with Crippen LogP contribution in [0.15, 0.2) is 0 Å². The molecule has 2 nitrogen and oxygen atoms in total. The van der Waals surface area contributed by atoms with Crippen LogP contribution < -0.4 is 0 Å². The number of methoxy groups -OCH3 is 1. The number of Topliss-reactive ketones (excluding diaryl/α,β-unsaturated/α-hetero) is 1. The fourth-order valence-electron chi connectivity index (χ4n) is 2.19. The third kappa shape index (κ3) is 10.1. The predicted octanol–water partition coefficient (Wildman–Crippen LogP) is 5.29. The Morgan fingerprint density at radius 3 is 1.68 bits per heavy atom. The van der Waals surface area contributed by atoms with Crippen molar-refractivity contribution in [3.05, 3.63) is 0 Å². The summed E-state index contributed by atoms with van der Waals surface area (Å²) in [6, 6.07) is 0. The van der Waals surface area contributed by atoms with Gasteiger partial charge in [0.15, 0.2) is 5.78 Å². The monoisotopic (exact) mass is 270 g/mol. The number of rotatable bonds is 13. The highest BCUT2D eigenvalue weighted by Gasteiger charge is 2.25. The second-order valence-electron chi connectivity index (χ2n) is 6.07. The Bertz CT molecular complexity index is 221. The number of carbonyl (C=O) groups excluding carboxylic acids is 1. The summed E-state index contributed by atoms with van der Waals surface area (Å²) >= 11 is 0. The van der Waals surface area contributed by atoms with Crippen LogP contribution in [0.2, 0.25) is 0 Å². The second-order valence-corrected chi connectivity index (χ2v) is 6.07. The summed E-state index contributed by atoms with van der Waals surface area (Å²) in [7, 11) is 1.61. The molecule has 0 amide bonds. The molecule has 0 heterocycles. The first-order valence-electron chi connectivity index (χ1n) is 8.13. The Labute approximate surface area is 120 Å². The van der Waals surface area contributed by atoms with E-state index in [2.05, 4.69) is 6.92 Å². The standard InChI is InChI=1S/C17H34O2/c1-5-6-7-8-9-10-11-12-13-14-15-16(18)17(2,3)19-4/h5-15H2,1-4H3. The average molecular weight is 270 g/mol. The summed E-state index contributed by atoms with van der Waals surface area (Å²) in [6.07, 6.45) is 13.7. The number of unbranched alkanes of at least 4 members (excludes halogenated alkanes) is 9. The summed E-state index contributed by atoms with van der Waals surface area (Å²) in [4.78, 5) is 11.8. The molecule has 0 aliphatic rings. The molecule has 0 aliphatic heterocycles. The normalized spacial score (nSPS) is 11.8. The molecule has 0 atom stereocenters. The van der Waals surface area contributed by atoms with Gasteiger partial charge in [0, 0.05) is 13.5 Å². The molecule has 0 saturated heterocycles. The first-order valence-corrected chi connectivity index (χ1v) is 8.13. The van der Waals surface area contributed by atoms with Crippen molar-refractivity contribution in [2.75, 3.05) is 7.11 Å². The van der Waals surface area contributed by atoms with Crippen LogP contribution in [0.1, 0.15) is 91.4 Å². The second kappa shape index (κ2) is 11.5. The van der Waals surface area contributed by atoms with Crippen LogP contribution in [0, 0.1) is 0 Å². The molecule has 0 rings (SSSR count). The van der Waals surface area contributed by atoms with Crippen LogP contribution >= 0.6 is 0 Å². The number of ether oxygens (including phenoxy) is 1. The molecule has 0 N–H and O–H groups in total. The van der Waals surface area contributed by atoms with Crippen LogP contribution in [-0.4, -0.2) is 18.5 Å². The molecule has 0 radical (unpaired) electrons. The van der Waals surface area contributed by atoms with Crippen molar-refractivity contribution < 1.29 is 9.53 Å². The first-order chi connectivity index (χ1) is 9.04. The summed E-state index contributed by atoms with van der Waals surface area (Å²) < 4.78 is 5.19. The zero-order valence-corrected chi connectivity index (χ0v) is 13.6. The van der Waals surface area contributed by atoms with Crippen molar-refractivity contribution in [3.8, 4) is 0 Å². The van der Waals surface area contributed by atoms with Crippen molar-refractivity contribution >= 4 is 5.78 Å². The quantitative estimate of drug-likeness (QED) is 0.425. The molecule has 0 aromatic carbocycles. The van der Waals surface area contributed by atoms with Gasteiger partial charge in [-0.2, -0.15) is 0 Å². The molecular formula is C17H34O2. The van der Waals surface area contributed by atoms with E-state index in [-0.39, 0.29) is 5.78 Å². The Balaban J connectivity index is 3.30. The van der Waals surface area contributed by atoms with Crippen molar-refractivity contribution in [2.45, 2.75) is 97.0 Å². The molecule has 0 aliphatic carbocycles. The topological polar surface area (TPSA) is 26.3 Å². The Morgan fingerprint density at radius 2 is 1.26 bits per heavy atom. The van der Waals surface area contributed by atoms with Gasteiger partial charge in [-0.15, -0.1) is 0 Å². The summed E-state index contributed by atoms with van der Waals surface area (Å²) in [5, 5.41) is 0. The zero-order valence-electron chi connectivity index (χ0n) is 13.6. The molecule has 2 heteroatoms. The molecule has 114 valence electrons. The minimum Gasteiger partial charge on any atom is -0.371 e. The Morgan fingerprint density at radius 1 is 0.842 bits per heavy atom. The van der Waals surface area contributed by atoms with Crippen molar-refractivity contribution in [1.29, 1.82) is 0 Å². The first kappa shape index (κ1) is 18.6. The molecule has 0 fully saturated rings. The zero-order chi connectivity index (χ0) is 14.6. The van der Waals surface area contributed by atoms with Gasteiger partial charge in [0.05, 0.1) is 0 Å². The number of hydrogen-bond acceptors (Lipinski definition) is 2. The van der Waals surface area contributed by atoms with E-state index in [1.807, 2.05) is 13.8 Å². The van der Waals surface area contributed by atoms with Crippen LogP contribution in [-0.2, 0) is 9.53 Å². The van der Waals surface area contributed by atoms with E-state index in [0.29, 0.717) is 6.42 Å². The van der Waals surface area contributed by atoms with Gasteiger partial charge in [0.1, 0.15) is 5.60 Å². The molecular weight excluding hydrogens is 236 g/mol. The number of ketones is 1. The van der Waals surface area contributed by atoms with E-state index in [1.165, 1.54) is 57.8 Å². The number of carbonyl (C=O) groups is 1. The highest BCUT2D eigenvalue weighted by Crippen LogP contribution is 2.15. The van der Waals surface area contributed by atoms with Crippen LogP contribution in [0.5, 0.6) is 0 Å². The van der Waals surface area contributed by atoms with Gasteiger partial charge in [-0.05, 0) is 20.3 Å². The van der Waals surface area contributed by atoms with Gasteiger partial charge in [-0.1, -0.05) is 64.7 Å². The smallest absolute Gasteiger partial charge is 0.164 e. The van der Waals surface area contributed by atoms with E-state index in [1.54, 1.807) is 7.11 Å². The largest absolute Gasteiger partial charge is 0.371 e. The Kier molecular flexibility index (Phi) is 11.2. The van der Waals surface area contributed by atoms with Gasteiger partial charge >= 0.3 is 0 Å². The molecule has 19 heavy (non-hydrogen) atoms. The maximum Gasteiger partial charge on any atom is 0.164 e. The minimum absolute atomic E-state index is 0.231. The van der Waals surface area contributed by atoms with Gasteiger partial charge < -0.3 is 4.74 Å². The number of hydrogen-bond donors (Lipinski definition) is 0. The average Bonchev–Trinajstić information content (AvgIpc) is 2.40. The third-order valence-corrected chi connectivity index (χ3v) is 3.94. The molecule has 0 aromatic heterocycles. The van der Waals surface area contributed by atoms with Crippen molar-refractivity contribution in [3.63, 3.8) is 0 Å². The van der Waals surface area contributed by atoms with Gasteiger partial charge in [-0.25, -0.2) is 0 Å². The lowest BCUT2D eigenvalue weighted by Gasteiger charge is -2.20. The summed E-state index contributed by atoms with van der Waals surface area (Å²) in [5.74, 6) is 0.231. The maximum atomic E-state index is 11.8. The lowest BCUT2D eigenvalue weighted by atomic mass is 9.97. The lowest BCUT2D eigenvalue weighted by Crippen LogP contribution is -2.33. The van der Waals surface area contributed by atoms with Crippen molar-refractivity contribution in [2.24, 2.45) is 0 Å². The molecule has 0 unspecified atom stereocenters. The fourth-order valence-corrected chi connectivity index (χ4v) is 2.19. The molecule has 0 aromatic rings. The van der Waals surface area contributed by atoms with E-state index >= 15 is 0 Å². The van der Waals surface area contributed by atoms with Gasteiger partial charge in [0.2, 0.25) is 0 Å². The van der Waals surface area contributed by atoms with Crippen LogP contribution in [0.25, 0.3) is 0 Å². The SMILES string of the molecule is CCCCCCCCCCCCC(=O)C(C)(C)OC. The molecule has 0 saturated carbocycles. The van der Waals surface area contributed by atoms with Crippen LogP contribution in [0.4, 0.5) is 0 Å². The van der Waals surface area contributed by atoms with E-state index in [4.69, 9.17) is 4.74 Å². The highest BCUT2D eigenvalue weighted by atomic mass is 16.5. The van der Waals surface area contributed by atoms with E-state index in [9.17, 15) is 4.79 Å². The summed E-state index contributed by atoms with van der Waals surface area (Å²) in [6.45, 7) is 5.96. The van der Waals surface area contributed by atoms with Crippen molar-refractivity contribution in [1.82, 2.24) is 0 Å². The van der Waals surface area contributed by atoms with E-state index in [0.717, 1.165) is 6.42 Å². The fraction of sp³-hybridized carbons (Fsp3) is 0.941. The Hall–Kier alpha value is -0.370.